The molecule has 0 bridgehead atoms. The van der Waals surface area contributed by atoms with Crippen LogP contribution in [0.4, 0.5) is 13.2 Å². The third kappa shape index (κ3) is 4.33. The van der Waals surface area contributed by atoms with Gasteiger partial charge in [0.05, 0.1) is 0 Å². The summed E-state index contributed by atoms with van der Waals surface area (Å²) in [6.07, 6.45) is 4.57. The van der Waals surface area contributed by atoms with Crippen molar-refractivity contribution in [3.8, 4) is 0 Å². The van der Waals surface area contributed by atoms with Crippen molar-refractivity contribution < 1.29 is 13.2 Å². The number of nitrogens with one attached hydrogen (secondary N) is 1. The molecule has 1 aromatic carbocycles. The Morgan fingerprint density at radius 1 is 1.12 bits per heavy atom. The van der Waals surface area contributed by atoms with E-state index in [2.05, 4.69) is 15.2 Å². The summed E-state index contributed by atoms with van der Waals surface area (Å²) in [4.78, 5) is 6.23. The van der Waals surface area contributed by atoms with E-state index in [1.165, 1.54) is 0 Å². The fraction of sp³-hybridized carbons (Fsp3) is 0.389. The zero-order valence-corrected chi connectivity index (χ0v) is 13.3. The van der Waals surface area contributed by atoms with Crippen LogP contribution in [-0.2, 0) is 13.1 Å². The maximum atomic E-state index is 13.5. The van der Waals surface area contributed by atoms with E-state index in [0.717, 1.165) is 43.8 Å². The molecule has 2 aromatic rings. The predicted molar refractivity (Wildman–Crippen MR) is 85.6 cm³/mol. The molecule has 1 atom stereocenters. The number of nitrogens with zero attached hydrogens (tertiary/aromatic N) is 2. The lowest BCUT2D eigenvalue weighted by molar-refractivity contribution is 0.219. The second-order valence-electron chi connectivity index (χ2n) is 6.26. The zero-order valence-electron chi connectivity index (χ0n) is 13.3. The first kappa shape index (κ1) is 16.9. The van der Waals surface area contributed by atoms with E-state index in [1.54, 1.807) is 12.4 Å². The van der Waals surface area contributed by atoms with Crippen LogP contribution >= 0.6 is 0 Å². The number of pyridine rings is 1. The maximum Gasteiger partial charge on any atom is 0.194 e. The Bertz CT molecular complexity index is 649. The van der Waals surface area contributed by atoms with E-state index in [4.69, 9.17) is 0 Å². The molecule has 1 aliphatic rings. The Kier molecular flexibility index (Phi) is 5.48. The van der Waals surface area contributed by atoms with Gasteiger partial charge in [0.15, 0.2) is 17.5 Å². The standard InChI is InChI=1S/C18H20F3N3/c19-16-6-15(7-17(20)18(16)21)12-24(11-14-3-5-23-9-14)10-13-2-1-4-22-8-13/h1-2,4,6-8,14,23H,3,5,9-12H2/t14-/m1/s1. The lowest BCUT2D eigenvalue weighted by atomic mass is 10.1. The van der Waals surface area contributed by atoms with E-state index in [-0.39, 0.29) is 0 Å². The molecule has 0 amide bonds. The molecule has 0 spiro atoms. The second-order valence-corrected chi connectivity index (χ2v) is 6.26. The Hall–Kier alpha value is -1.92. The molecule has 2 heterocycles. The summed E-state index contributed by atoms with van der Waals surface area (Å²) >= 11 is 0. The van der Waals surface area contributed by atoms with Gasteiger partial charge in [-0.1, -0.05) is 6.07 Å². The summed E-state index contributed by atoms with van der Waals surface area (Å²) in [5.41, 5.74) is 1.47. The van der Waals surface area contributed by atoms with Crippen molar-refractivity contribution in [3.05, 3.63) is 65.2 Å². The molecule has 3 nitrogen and oxygen atoms in total. The number of benzene rings is 1. The third-order valence-corrected chi connectivity index (χ3v) is 4.26. The van der Waals surface area contributed by atoms with Crippen LogP contribution in [0.1, 0.15) is 17.5 Å². The predicted octanol–water partition coefficient (Wildman–Crippen LogP) is 3.11. The van der Waals surface area contributed by atoms with Crippen LogP contribution in [0.5, 0.6) is 0 Å². The Morgan fingerprint density at radius 2 is 1.88 bits per heavy atom. The van der Waals surface area contributed by atoms with Gasteiger partial charge in [-0.2, -0.15) is 0 Å². The van der Waals surface area contributed by atoms with Crippen molar-refractivity contribution >= 4 is 0 Å². The minimum absolute atomic E-state index is 0.361. The molecule has 1 aromatic heterocycles. The molecule has 6 heteroatoms. The summed E-state index contributed by atoms with van der Waals surface area (Å²) < 4.78 is 40.1. The lowest BCUT2D eigenvalue weighted by Crippen LogP contribution is -2.30. The van der Waals surface area contributed by atoms with E-state index in [0.29, 0.717) is 24.6 Å². The molecule has 3 rings (SSSR count). The van der Waals surface area contributed by atoms with Gasteiger partial charge < -0.3 is 5.32 Å². The molecular weight excluding hydrogens is 315 g/mol. The Balaban J connectivity index is 1.75. The molecule has 0 saturated carbocycles. The van der Waals surface area contributed by atoms with Crippen LogP contribution in [0.25, 0.3) is 0 Å². The summed E-state index contributed by atoms with van der Waals surface area (Å²) in [5.74, 6) is -3.21. The van der Waals surface area contributed by atoms with Gasteiger partial charge in [0.2, 0.25) is 0 Å². The van der Waals surface area contributed by atoms with Gasteiger partial charge in [0.25, 0.3) is 0 Å². The summed E-state index contributed by atoms with van der Waals surface area (Å²) in [6.45, 7) is 3.73. The van der Waals surface area contributed by atoms with Crippen molar-refractivity contribution in [2.24, 2.45) is 5.92 Å². The molecule has 0 radical (unpaired) electrons. The van der Waals surface area contributed by atoms with Gasteiger partial charge in [0, 0.05) is 32.0 Å². The van der Waals surface area contributed by atoms with Gasteiger partial charge in [-0.25, -0.2) is 13.2 Å². The average molecular weight is 335 g/mol. The number of aromatic nitrogens is 1. The first-order valence-electron chi connectivity index (χ1n) is 8.07. The van der Waals surface area contributed by atoms with Gasteiger partial charge >= 0.3 is 0 Å². The van der Waals surface area contributed by atoms with Crippen LogP contribution in [0, 0.1) is 23.4 Å². The van der Waals surface area contributed by atoms with E-state index < -0.39 is 17.5 Å². The molecule has 128 valence electrons. The highest BCUT2D eigenvalue weighted by atomic mass is 19.2. The van der Waals surface area contributed by atoms with Crippen molar-refractivity contribution in [1.82, 2.24) is 15.2 Å². The number of rotatable bonds is 6. The third-order valence-electron chi connectivity index (χ3n) is 4.26. The number of hydrogen-bond acceptors (Lipinski definition) is 3. The number of halogens is 3. The highest BCUT2D eigenvalue weighted by molar-refractivity contribution is 5.20. The van der Waals surface area contributed by atoms with Crippen LogP contribution in [0.15, 0.2) is 36.7 Å². The molecule has 0 aliphatic carbocycles. The van der Waals surface area contributed by atoms with Gasteiger partial charge in [-0.3, -0.25) is 9.88 Å². The molecular formula is C18H20F3N3. The molecule has 1 N–H and O–H groups in total. The van der Waals surface area contributed by atoms with Crippen molar-refractivity contribution in [2.75, 3.05) is 19.6 Å². The molecule has 1 aliphatic heterocycles. The van der Waals surface area contributed by atoms with Gasteiger partial charge in [0.1, 0.15) is 0 Å². The van der Waals surface area contributed by atoms with Gasteiger partial charge in [-0.15, -0.1) is 0 Å². The largest absolute Gasteiger partial charge is 0.316 e. The molecule has 1 saturated heterocycles. The van der Waals surface area contributed by atoms with E-state index in [1.807, 2.05) is 12.1 Å². The van der Waals surface area contributed by atoms with E-state index in [9.17, 15) is 13.2 Å². The minimum Gasteiger partial charge on any atom is -0.316 e. The first-order valence-corrected chi connectivity index (χ1v) is 8.07. The fourth-order valence-electron chi connectivity index (χ4n) is 3.13. The summed E-state index contributed by atoms with van der Waals surface area (Å²) in [6, 6.07) is 5.98. The highest BCUT2D eigenvalue weighted by Gasteiger charge is 2.20. The van der Waals surface area contributed by atoms with Crippen molar-refractivity contribution in [1.29, 1.82) is 0 Å². The average Bonchev–Trinajstić information content (AvgIpc) is 3.06. The van der Waals surface area contributed by atoms with Crippen molar-refractivity contribution in [2.45, 2.75) is 19.5 Å². The fourth-order valence-corrected chi connectivity index (χ4v) is 3.13. The lowest BCUT2D eigenvalue weighted by Gasteiger charge is -2.25. The molecule has 1 fully saturated rings. The normalized spacial score (nSPS) is 17.6. The van der Waals surface area contributed by atoms with Crippen LogP contribution in [0.3, 0.4) is 0 Å². The SMILES string of the molecule is Fc1cc(CN(Cc2cccnc2)C[C@@H]2CCNC2)cc(F)c1F. The first-order chi connectivity index (χ1) is 11.6. The van der Waals surface area contributed by atoms with Crippen LogP contribution < -0.4 is 5.32 Å². The summed E-state index contributed by atoms with van der Waals surface area (Å²) in [7, 11) is 0. The minimum atomic E-state index is -1.42. The van der Waals surface area contributed by atoms with Gasteiger partial charge in [-0.05, 0) is 54.8 Å². The quantitative estimate of drug-likeness (QED) is 0.822. The monoisotopic (exact) mass is 335 g/mol. The smallest absolute Gasteiger partial charge is 0.194 e. The molecule has 0 unspecified atom stereocenters. The van der Waals surface area contributed by atoms with Crippen LogP contribution in [-0.4, -0.2) is 29.5 Å². The topological polar surface area (TPSA) is 28.2 Å². The summed E-state index contributed by atoms with van der Waals surface area (Å²) in [5, 5.41) is 3.32. The molecule has 24 heavy (non-hydrogen) atoms. The highest BCUT2D eigenvalue weighted by Crippen LogP contribution is 2.18. The van der Waals surface area contributed by atoms with E-state index >= 15 is 0 Å². The Labute approximate surface area is 139 Å². The second kappa shape index (κ2) is 7.77. The zero-order chi connectivity index (χ0) is 16.9. The number of hydrogen-bond donors (Lipinski definition) is 1. The Morgan fingerprint density at radius 3 is 2.50 bits per heavy atom. The maximum absolute atomic E-state index is 13.5. The van der Waals surface area contributed by atoms with Crippen molar-refractivity contribution in [3.63, 3.8) is 0 Å². The van der Waals surface area contributed by atoms with Crippen LogP contribution in [0.2, 0.25) is 0 Å².